The highest BCUT2D eigenvalue weighted by Crippen LogP contribution is 2.26. The predicted octanol–water partition coefficient (Wildman–Crippen LogP) is 4.01. The van der Waals surface area contributed by atoms with Crippen molar-refractivity contribution in [3.05, 3.63) is 64.7 Å². The lowest BCUT2D eigenvalue weighted by atomic mass is 10.0. The van der Waals surface area contributed by atoms with Gasteiger partial charge in [-0.15, -0.1) is 0 Å². The molecule has 100 valence electrons. The van der Waals surface area contributed by atoms with Crippen LogP contribution in [-0.4, -0.2) is 12.2 Å². The van der Waals surface area contributed by atoms with Gasteiger partial charge in [0.1, 0.15) is 5.75 Å². The topological polar surface area (TPSA) is 29.5 Å². The molecule has 0 radical (unpaired) electrons. The van der Waals surface area contributed by atoms with Crippen LogP contribution >= 0.6 is 11.6 Å². The zero-order valence-corrected chi connectivity index (χ0v) is 11.6. The van der Waals surface area contributed by atoms with E-state index < -0.39 is 6.10 Å². The molecular weight excluding hydrogens is 260 g/mol. The summed E-state index contributed by atoms with van der Waals surface area (Å²) in [5, 5.41) is 10.7. The van der Waals surface area contributed by atoms with Gasteiger partial charge in [-0.05, 0) is 36.1 Å². The van der Waals surface area contributed by atoms with Gasteiger partial charge in [-0.2, -0.15) is 0 Å². The molecule has 1 unspecified atom stereocenters. The number of halogens is 1. The lowest BCUT2D eigenvalue weighted by Crippen LogP contribution is -1.99. The normalized spacial score (nSPS) is 12.2. The summed E-state index contributed by atoms with van der Waals surface area (Å²) < 4.78 is 5.18. The van der Waals surface area contributed by atoms with Gasteiger partial charge in [-0.3, -0.25) is 0 Å². The Labute approximate surface area is 118 Å². The summed E-state index contributed by atoms with van der Waals surface area (Å²) in [6, 6.07) is 15.4. The molecule has 0 heterocycles. The van der Waals surface area contributed by atoms with E-state index in [1.54, 1.807) is 7.11 Å². The first kappa shape index (κ1) is 13.9. The van der Waals surface area contributed by atoms with Crippen molar-refractivity contribution in [2.45, 2.75) is 18.9 Å². The van der Waals surface area contributed by atoms with Crippen LogP contribution in [0.2, 0.25) is 5.02 Å². The fraction of sp³-hybridized carbons (Fsp3) is 0.250. The summed E-state index contributed by atoms with van der Waals surface area (Å²) in [5.74, 6) is 0.674. The lowest BCUT2D eigenvalue weighted by Gasteiger charge is -2.11. The van der Waals surface area contributed by atoms with Crippen LogP contribution in [0.4, 0.5) is 0 Å². The maximum absolute atomic E-state index is 10.1. The summed E-state index contributed by atoms with van der Waals surface area (Å²) in [4.78, 5) is 0. The van der Waals surface area contributed by atoms with E-state index in [-0.39, 0.29) is 0 Å². The summed E-state index contributed by atoms with van der Waals surface area (Å²) in [6.45, 7) is 0. The van der Waals surface area contributed by atoms with Crippen molar-refractivity contribution in [1.82, 2.24) is 0 Å². The Bertz CT molecular complexity index is 526. The van der Waals surface area contributed by atoms with Gasteiger partial charge in [0.15, 0.2) is 0 Å². The van der Waals surface area contributed by atoms with Gasteiger partial charge in [0.2, 0.25) is 0 Å². The number of aliphatic hydroxyl groups excluding tert-OH is 1. The molecule has 0 aliphatic heterocycles. The molecule has 2 rings (SSSR count). The molecule has 0 bridgehead atoms. The average molecular weight is 277 g/mol. The van der Waals surface area contributed by atoms with Crippen molar-refractivity contribution in [3.8, 4) is 5.75 Å². The first-order chi connectivity index (χ1) is 9.20. The zero-order chi connectivity index (χ0) is 13.7. The van der Waals surface area contributed by atoms with E-state index >= 15 is 0 Å². The minimum atomic E-state index is -0.442. The molecule has 0 aromatic heterocycles. The summed E-state index contributed by atoms with van der Waals surface area (Å²) >= 11 is 5.98. The van der Waals surface area contributed by atoms with Gasteiger partial charge in [-0.1, -0.05) is 48.0 Å². The Hall–Kier alpha value is -1.51. The van der Waals surface area contributed by atoms with E-state index in [1.165, 1.54) is 0 Å². The maximum atomic E-state index is 10.1. The van der Waals surface area contributed by atoms with Crippen molar-refractivity contribution in [2.24, 2.45) is 0 Å². The summed E-state index contributed by atoms with van der Waals surface area (Å²) in [7, 11) is 1.60. The first-order valence-electron chi connectivity index (χ1n) is 6.26. The van der Waals surface area contributed by atoms with E-state index in [2.05, 4.69) is 0 Å². The molecule has 1 N–H and O–H groups in total. The molecule has 2 nitrogen and oxygen atoms in total. The molecule has 0 amide bonds. The minimum Gasteiger partial charge on any atom is -0.495 e. The third-order valence-corrected chi connectivity index (χ3v) is 3.42. The first-order valence-corrected chi connectivity index (χ1v) is 6.64. The second-order valence-electron chi connectivity index (χ2n) is 4.43. The molecule has 3 heteroatoms. The molecule has 0 saturated heterocycles. The number of hydrogen-bond acceptors (Lipinski definition) is 2. The molecule has 2 aromatic rings. The van der Waals surface area contributed by atoms with E-state index in [0.29, 0.717) is 17.2 Å². The monoisotopic (exact) mass is 276 g/mol. The Morgan fingerprint density at radius 1 is 1.16 bits per heavy atom. The Morgan fingerprint density at radius 3 is 2.58 bits per heavy atom. The van der Waals surface area contributed by atoms with Crippen molar-refractivity contribution in [2.75, 3.05) is 7.11 Å². The molecule has 1 atom stereocenters. The largest absolute Gasteiger partial charge is 0.495 e. The van der Waals surface area contributed by atoms with Crippen molar-refractivity contribution >= 4 is 11.6 Å². The van der Waals surface area contributed by atoms with Crippen LogP contribution in [0.25, 0.3) is 0 Å². The lowest BCUT2D eigenvalue weighted by molar-refractivity contribution is 0.168. The molecule has 0 spiro atoms. The Kier molecular flexibility index (Phi) is 4.83. The molecule has 2 aromatic carbocycles. The molecule has 0 aliphatic rings. The van der Waals surface area contributed by atoms with Crippen molar-refractivity contribution in [3.63, 3.8) is 0 Å². The highest BCUT2D eigenvalue weighted by molar-refractivity contribution is 6.32. The third-order valence-electron chi connectivity index (χ3n) is 3.11. The highest BCUT2D eigenvalue weighted by Gasteiger charge is 2.08. The highest BCUT2D eigenvalue weighted by atomic mass is 35.5. The van der Waals surface area contributed by atoms with Gasteiger partial charge in [0.25, 0.3) is 0 Å². The quantitative estimate of drug-likeness (QED) is 0.894. The molecule has 19 heavy (non-hydrogen) atoms. The van der Waals surface area contributed by atoms with Gasteiger partial charge >= 0.3 is 0 Å². The van der Waals surface area contributed by atoms with E-state index in [1.807, 2.05) is 48.5 Å². The van der Waals surface area contributed by atoms with E-state index in [0.717, 1.165) is 17.5 Å². The van der Waals surface area contributed by atoms with Crippen LogP contribution in [0.15, 0.2) is 48.5 Å². The fourth-order valence-corrected chi connectivity index (χ4v) is 2.20. The molecule has 0 fully saturated rings. The number of benzene rings is 2. The van der Waals surface area contributed by atoms with Crippen molar-refractivity contribution < 1.29 is 9.84 Å². The van der Waals surface area contributed by atoms with Crippen LogP contribution in [0.1, 0.15) is 23.7 Å². The molecular formula is C16H17ClO2. The van der Waals surface area contributed by atoms with Crippen LogP contribution in [0.5, 0.6) is 5.75 Å². The van der Waals surface area contributed by atoms with Crippen LogP contribution in [0, 0.1) is 0 Å². The van der Waals surface area contributed by atoms with Crippen LogP contribution in [0.3, 0.4) is 0 Å². The average Bonchev–Trinajstić information content (AvgIpc) is 2.47. The smallest absolute Gasteiger partial charge is 0.137 e. The standard InChI is InChI=1S/C16H17ClO2/c1-19-16-11-12(7-9-14(16)17)8-10-15(18)13-5-3-2-4-6-13/h2-7,9,11,15,18H,8,10H2,1H3. The van der Waals surface area contributed by atoms with Gasteiger partial charge in [0.05, 0.1) is 18.2 Å². The number of aliphatic hydroxyl groups is 1. The number of methoxy groups -OCH3 is 1. The van der Waals surface area contributed by atoms with Crippen LogP contribution < -0.4 is 4.74 Å². The van der Waals surface area contributed by atoms with Crippen LogP contribution in [-0.2, 0) is 6.42 Å². The number of aryl methyl sites for hydroxylation is 1. The predicted molar refractivity (Wildman–Crippen MR) is 77.7 cm³/mol. The minimum absolute atomic E-state index is 0.442. The van der Waals surface area contributed by atoms with Crippen molar-refractivity contribution in [1.29, 1.82) is 0 Å². The van der Waals surface area contributed by atoms with Gasteiger partial charge in [-0.25, -0.2) is 0 Å². The maximum Gasteiger partial charge on any atom is 0.137 e. The number of rotatable bonds is 5. The number of ether oxygens (including phenoxy) is 1. The van der Waals surface area contributed by atoms with Gasteiger partial charge < -0.3 is 9.84 Å². The fourth-order valence-electron chi connectivity index (χ4n) is 2.00. The Balaban J connectivity index is 1.99. The molecule has 0 aliphatic carbocycles. The van der Waals surface area contributed by atoms with Gasteiger partial charge in [0, 0.05) is 0 Å². The van der Waals surface area contributed by atoms with E-state index in [9.17, 15) is 5.11 Å². The SMILES string of the molecule is COc1cc(CCC(O)c2ccccc2)ccc1Cl. The third kappa shape index (κ3) is 3.72. The molecule has 0 saturated carbocycles. The summed E-state index contributed by atoms with van der Waals surface area (Å²) in [5.41, 5.74) is 2.06. The second kappa shape index (κ2) is 6.60. The second-order valence-corrected chi connectivity index (χ2v) is 4.84. The van der Waals surface area contributed by atoms with E-state index in [4.69, 9.17) is 16.3 Å². The zero-order valence-electron chi connectivity index (χ0n) is 10.8. The summed E-state index contributed by atoms with van der Waals surface area (Å²) in [6.07, 6.45) is 1.01. The number of hydrogen-bond donors (Lipinski definition) is 1. The Morgan fingerprint density at radius 2 is 1.89 bits per heavy atom.